The molecule has 0 fully saturated rings. The highest BCUT2D eigenvalue weighted by molar-refractivity contribution is 5.97. The minimum absolute atomic E-state index is 0.0673. The van der Waals surface area contributed by atoms with Crippen LogP contribution >= 0.6 is 0 Å². The van der Waals surface area contributed by atoms with Crippen molar-refractivity contribution in [2.45, 2.75) is 19.0 Å². The molecule has 2 amide bonds. The van der Waals surface area contributed by atoms with Crippen LogP contribution in [-0.2, 0) is 11.0 Å². The highest BCUT2D eigenvalue weighted by atomic mass is 19.4. The lowest BCUT2D eigenvalue weighted by atomic mass is 10.2. The lowest BCUT2D eigenvalue weighted by Crippen LogP contribution is -2.19. The summed E-state index contributed by atoms with van der Waals surface area (Å²) in [6, 6.07) is 1.63. The number of anilines is 1. The van der Waals surface area contributed by atoms with E-state index < -0.39 is 23.7 Å². The lowest BCUT2D eigenvalue weighted by molar-refractivity contribution is -0.141. The first-order valence-electron chi connectivity index (χ1n) is 5.62. The molecule has 0 saturated carbocycles. The molecule has 0 aliphatic carbocycles. The molecular weight excluding hydrogens is 277 g/mol. The van der Waals surface area contributed by atoms with E-state index in [-0.39, 0.29) is 24.3 Å². The molecule has 1 heterocycles. The Morgan fingerprint density at radius 1 is 1.25 bits per heavy atom. The fourth-order valence-corrected chi connectivity index (χ4v) is 1.42. The standard InChI is InChI=1S/C11H13F3N4O2/c12-11(13,14)7-4-3-6(9(16)20)10(18-7)17-5-1-2-8(15)19/h3-4H,1-2,5H2,(H2,15,19)(H2,16,20)(H,17,18). The highest BCUT2D eigenvalue weighted by Gasteiger charge is 2.33. The van der Waals surface area contributed by atoms with Crippen LogP contribution in [-0.4, -0.2) is 23.3 Å². The smallest absolute Gasteiger partial charge is 0.370 e. The molecule has 0 aliphatic rings. The van der Waals surface area contributed by atoms with Crippen molar-refractivity contribution < 1.29 is 22.8 Å². The van der Waals surface area contributed by atoms with E-state index in [1.807, 2.05) is 0 Å². The average Bonchev–Trinajstić information content (AvgIpc) is 2.32. The van der Waals surface area contributed by atoms with E-state index in [1.165, 1.54) is 0 Å². The van der Waals surface area contributed by atoms with Crippen LogP contribution in [0.2, 0.25) is 0 Å². The molecule has 0 radical (unpaired) electrons. The second-order valence-corrected chi connectivity index (χ2v) is 3.95. The van der Waals surface area contributed by atoms with Crippen molar-refractivity contribution in [2.24, 2.45) is 11.5 Å². The fourth-order valence-electron chi connectivity index (χ4n) is 1.42. The average molecular weight is 290 g/mol. The first kappa shape index (κ1) is 15.7. The lowest BCUT2D eigenvalue weighted by Gasteiger charge is -2.12. The third-order valence-corrected chi connectivity index (χ3v) is 2.34. The summed E-state index contributed by atoms with van der Waals surface area (Å²) in [5, 5.41) is 2.54. The van der Waals surface area contributed by atoms with E-state index in [1.54, 1.807) is 0 Å². The van der Waals surface area contributed by atoms with Crippen LogP contribution in [0.5, 0.6) is 0 Å². The highest BCUT2D eigenvalue weighted by Crippen LogP contribution is 2.29. The van der Waals surface area contributed by atoms with Gasteiger partial charge in [0.25, 0.3) is 5.91 Å². The SMILES string of the molecule is NC(=O)CCCNc1nc(C(F)(F)F)ccc1C(N)=O. The Hall–Kier alpha value is -2.32. The van der Waals surface area contributed by atoms with E-state index >= 15 is 0 Å². The van der Waals surface area contributed by atoms with Gasteiger partial charge in [0.2, 0.25) is 5.91 Å². The maximum absolute atomic E-state index is 12.5. The number of rotatable bonds is 6. The van der Waals surface area contributed by atoms with E-state index in [4.69, 9.17) is 11.5 Å². The third kappa shape index (κ3) is 4.41. The maximum Gasteiger partial charge on any atom is 0.433 e. The molecule has 110 valence electrons. The zero-order valence-electron chi connectivity index (χ0n) is 10.3. The fraction of sp³-hybridized carbons (Fsp3) is 0.364. The molecular formula is C11H13F3N4O2. The molecule has 1 aromatic rings. The van der Waals surface area contributed by atoms with Crippen molar-refractivity contribution in [3.8, 4) is 0 Å². The van der Waals surface area contributed by atoms with E-state index in [9.17, 15) is 22.8 Å². The van der Waals surface area contributed by atoms with Crippen LogP contribution in [0.3, 0.4) is 0 Å². The molecule has 0 unspecified atom stereocenters. The molecule has 0 spiro atoms. The molecule has 0 atom stereocenters. The summed E-state index contributed by atoms with van der Waals surface area (Å²) in [6.45, 7) is 0.136. The summed E-state index contributed by atoms with van der Waals surface area (Å²) in [4.78, 5) is 25.0. The number of hydrogen-bond donors (Lipinski definition) is 3. The number of nitrogens with zero attached hydrogens (tertiary/aromatic N) is 1. The predicted octanol–water partition coefficient (Wildman–Crippen LogP) is 0.877. The van der Waals surface area contributed by atoms with Crippen LogP contribution in [0.25, 0.3) is 0 Å². The Bertz CT molecular complexity index is 517. The van der Waals surface area contributed by atoms with Crippen LogP contribution < -0.4 is 16.8 Å². The van der Waals surface area contributed by atoms with Gasteiger partial charge in [0.1, 0.15) is 11.5 Å². The van der Waals surface area contributed by atoms with Crippen molar-refractivity contribution in [3.05, 3.63) is 23.4 Å². The molecule has 0 bridgehead atoms. The number of nitrogens with one attached hydrogen (secondary N) is 1. The van der Waals surface area contributed by atoms with Crippen LogP contribution in [0, 0.1) is 0 Å². The van der Waals surface area contributed by atoms with Crippen LogP contribution in [0.4, 0.5) is 19.0 Å². The third-order valence-electron chi connectivity index (χ3n) is 2.34. The van der Waals surface area contributed by atoms with Gasteiger partial charge in [-0.05, 0) is 18.6 Å². The number of nitrogens with two attached hydrogens (primary N) is 2. The Morgan fingerprint density at radius 3 is 2.40 bits per heavy atom. The molecule has 0 aliphatic heterocycles. The van der Waals surface area contributed by atoms with Gasteiger partial charge in [-0.15, -0.1) is 0 Å². The molecule has 0 saturated heterocycles. The zero-order valence-corrected chi connectivity index (χ0v) is 10.3. The number of hydrogen-bond acceptors (Lipinski definition) is 4. The quantitative estimate of drug-likeness (QED) is 0.675. The van der Waals surface area contributed by atoms with E-state index in [0.717, 1.165) is 6.07 Å². The normalized spacial score (nSPS) is 11.2. The van der Waals surface area contributed by atoms with Gasteiger partial charge in [-0.2, -0.15) is 13.2 Å². The Morgan fingerprint density at radius 2 is 1.90 bits per heavy atom. The Balaban J connectivity index is 2.89. The van der Waals surface area contributed by atoms with Crippen molar-refractivity contribution in [1.82, 2.24) is 4.98 Å². The molecule has 5 N–H and O–H groups in total. The first-order valence-corrected chi connectivity index (χ1v) is 5.62. The Labute approximate surface area is 112 Å². The molecule has 0 aromatic carbocycles. The van der Waals surface area contributed by atoms with Gasteiger partial charge >= 0.3 is 6.18 Å². The van der Waals surface area contributed by atoms with Crippen molar-refractivity contribution in [2.75, 3.05) is 11.9 Å². The van der Waals surface area contributed by atoms with Crippen molar-refractivity contribution in [3.63, 3.8) is 0 Å². The number of halogens is 3. The van der Waals surface area contributed by atoms with Gasteiger partial charge in [-0.1, -0.05) is 0 Å². The molecule has 6 nitrogen and oxygen atoms in total. The maximum atomic E-state index is 12.5. The summed E-state index contributed by atoms with van der Waals surface area (Å²) in [6.07, 6.45) is -4.26. The van der Waals surface area contributed by atoms with Gasteiger partial charge in [0.15, 0.2) is 0 Å². The number of pyridine rings is 1. The number of alkyl halides is 3. The summed E-state index contributed by atoms with van der Waals surface area (Å²) in [5.41, 5.74) is 8.68. The first-order chi connectivity index (χ1) is 9.21. The number of carbonyl (C=O) groups is 2. The Kier molecular flexibility index (Phi) is 4.89. The monoisotopic (exact) mass is 290 g/mol. The number of primary amides is 2. The van der Waals surface area contributed by atoms with Crippen LogP contribution in [0.1, 0.15) is 28.9 Å². The number of amides is 2. The molecule has 9 heteroatoms. The van der Waals surface area contributed by atoms with Gasteiger partial charge < -0.3 is 16.8 Å². The van der Waals surface area contributed by atoms with E-state index in [2.05, 4.69) is 10.3 Å². The summed E-state index contributed by atoms with van der Waals surface area (Å²) in [7, 11) is 0. The largest absolute Gasteiger partial charge is 0.433 e. The van der Waals surface area contributed by atoms with E-state index in [0.29, 0.717) is 12.5 Å². The van der Waals surface area contributed by atoms with Crippen molar-refractivity contribution in [1.29, 1.82) is 0 Å². The summed E-state index contributed by atoms with van der Waals surface area (Å²) < 4.78 is 37.6. The second-order valence-electron chi connectivity index (χ2n) is 3.95. The summed E-state index contributed by atoms with van der Waals surface area (Å²) >= 11 is 0. The molecule has 1 aromatic heterocycles. The minimum Gasteiger partial charge on any atom is -0.370 e. The minimum atomic E-state index is -4.63. The van der Waals surface area contributed by atoms with Gasteiger partial charge in [0, 0.05) is 13.0 Å². The molecule has 20 heavy (non-hydrogen) atoms. The van der Waals surface area contributed by atoms with Gasteiger partial charge in [0.05, 0.1) is 5.56 Å². The van der Waals surface area contributed by atoms with Gasteiger partial charge in [-0.25, -0.2) is 4.98 Å². The second kappa shape index (κ2) is 6.22. The number of carbonyl (C=O) groups excluding carboxylic acids is 2. The predicted molar refractivity (Wildman–Crippen MR) is 64.7 cm³/mol. The summed E-state index contributed by atoms with van der Waals surface area (Å²) in [5.74, 6) is -1.70. The zero-order chi connectivity index (χ0) is 15.3. The van der Waals surface area contributed by atoms with Crippen molar-refractivity contribution >= 4 is 17.6 Å². The topological polar surface area (TPSA) is 111 Å². The molecule has 1 rings (SSSR count). The van der Waals surface area contributed by atoms with Crippen LogP contribution in [0.15, 0.2) is 12.1 Å². The van der Waals surface area contributed by atoms with Gasteiger partial charge in [-0.3, -0.25) is 9.59 Å². The number of aromatic nitrogens is 1.